The fraction of sp³-hybridized carbons (Fsp3) is 0.375. The molecule has 1 aliphatic rings. The lowest BCUT2D eigenvalue weighted by atomic mass is 10.0. The predicted molar refractivity (Wildman–Crippen MR) is 131 cm³/mol. The van der Waals surface area contributed by atoms with Gasteiger partial charge in [-0.3, -0.25) is 0 Å². The van der Waals surface area contributed by atoms with Gasteiger partial charge in [0.25, 0.3) is 0 Å². The zero-order valence-electron chi connectivity index (χ0n) is 19.2. The van der Waals surface area contributed by atoms with Crippen molar-refractivity contribution in [3.63, 3.8) is 0 Å². The molecule has 2 aromatic carbocycles. The number of hydrogen-bond acceptors (Lipinski definition) is 8. The topological polar surface area (TPSA) is 114 Å². The molecule has 1 heterocycles. The van der Waals surface area contributed by atoms with E-state index in [4.69, 9.17) is 9.47 Å². The fourth-order valence-electron chi connectivity index (χ4n) is 4.00. The average Bonchev–Trinajstić information content (AvgIpc) is 3.45. The van der Waals surface area contributed by atoms with E-state index in [1.807, 2.05) is 38.1 Å². The van der Waals surface area contributed by atoms with Crippen LogP contribution in [0.25, 0.3) is 21.1 Å². The van der Waals surface area contributed by atoms with Gasteiger partial charge in [0.15, 0.2) is 0 Å². The first-order valence-corrected chi connectivity index (χ1v) is 13.4. The first-order chi connectivity index (χ1) is 16.3. The molecule has 0 bridgehead atoms. The summed E-state index contributed by atoms with van der Waals surface area (Å²) < 4.78 is 38.1. The molecule has 0 saturated heterocycles. The summed E-state index contributed by atoms with van der Waals surface area (Å²) in [5.41, 5.74) is 4.26. The van der Waals surface area contributed by atoms with Crippen molar-refractivity contribution >= 4 is 21.4 Å². The number of fused-ring (bicyclic) bond motifs is 1. The van der Waals surface area contributed by atoms with Gasteiger partial charge in [0.1, 0.15) is 21.8 Å². The Morgan fingerprint density at radius 3 is 2.76 bits per heavy atom. The van der Waals surface area contributed by atoms with Crippen LogP contribution >= 0.6 is 11.3 Å². The summed E-state index contributed by atoms with van der Waals surface area (Å²) >= 11 is 1.44. The van der Waals surface area contributed by atoms with E-state index in [2.05, 4.69) is 21.0 Å². The van der Waals surface area contributed by atoms with Crippen LogP contribution in [-0.2, 0) is 21.2 Å². The summed E-state index contributed by atoms with van der Waals surface area (Å²) in [5, 5.41) is 19.8. The quantitative estimate of drug-likeness (QED) is 0.473. The normalized spacial score (nSPS) is 15.3. The van der Waals surface area contributed by atoms with Gasteiger partial charge in [0, 0.05) is 24.3 Å². The summed E-state index contributed by atoms with van der Waals surface area (Å²) in [4.78, 5) is 0. The van der Waals surface area contributed by atoms with E-state index in [1.54, 1.807) is 12.1 Å². The summed E-state index contributed by atoms with van der Waals surface area (Å²) in [7, 11) is -1.95. The highest BCUT2D eigenvalue weighted by atomic mass is 32.2. The molecule has 1 aromatic heterocycles. The minimum Gasteiger partial charge on any atom is -0.490 e. The smallest absolute Gasteiger partial charge is 0.214 e. The molecule has 10 heteroatoms. The number of aromatic nitrogens is 2. The standard InChI is InChI=1S/C24H26N4O4S2/c1-15(2)32-22-10-7-16(13-17(22)14-25)23-26-27-24(33-23)20-6-4-5-19-18(20)8-9-21(19)28-34(29,30)12-11-31-3/h4-7,10,13,15,21,28H,8-9,11-12H2,1-3H3/t21-/m0/s1. The van der Waals surface area contributed by atoms with E-state index in [-0.39, 0.29) is 24.5 Å². The summed E-state index contributed by atoms with van der Waals surface area (Å²) in [6, 6.07) is 13.2. The number of sulfonamides is 1. The van der Waals surface area contributed by atoms with E-state index in [0.29, 0.717) is 22.7 Å². The van der Waals surface area contributed by atoms with E-state index >= 15 is 0 Å². The molecule has 1 atom stereocenters. The molecule has 0 saturated carbocycles. The zero-order valence-corrected chi connectivity index (χ0v) is 20.9. The lowest BCUT2D eigenvalue weighted by Gasteiger charge is -2.14. The number of rotatable bonds is 9. The van der Waals surface area contributed by atoms with Gasteiger partial charge in [-0.1, -0.05) is 29.5 Å². The van der Waals surface area contributed by atoms with Crippen LogP contribution in [0.5, 0.6) is 5.75 Å². The van der Waals surface area contributed by atoms with Crippen LogP contribution in [0, 0.1) is 11.3 Å². The van der Waals surface area contributed by atoms with Crippen molar-refractivity contribution in [3.05, 3.63) is 53.1 Å². The lowest BCUT2D eigenvalue weighted by Crippen LogP contribution is -2.31. The zero-order chi connectivity index (χ0) is 24.3. The molecule has 0 unspecified atom stereocenters. The highest BCUT2D eigenvalue weighted by Gasteiger charge is 2.29. The van der Waals surface area contributed by atoms with Gasteiger partial charge < -0.3 is 9.47 Å². The molecule has 8 nitrogen and oxygen atoms in total. The Labute approximate surface area is 203 Å². The van der Waals surface area contributed by atoms with E-state index in [9.17, 15) is 13.7 Å². The molecule has 0 amide bonds. The molecule has 0 aliphatic heterocycles. The third-order valence-electron chi connectivity index (χ3n) is 5.51. The Morgan fingerprint density at radius 2 is 2.03 bits per heavy atom. The molecular formula is C24H26N4O4S2. The maximum atomic E-state index is 12.4. The van der Waals surface area contributed by atoms with Crippen LogP contribution in [-0.4, -0.2) is 44.2 Å². The molecule has 3 aromatic rings. The van der Waals surface area contributed by atoms with Gasteiger partial charge in [0.05, 0.1) is 24.0 Å². The largest absolute Gasteiger partial charge is 0.490 e. The molecule has 1 N–H and O–H groups in total. The van der Waals surface area contributed by atoms with E-state index in [1.165, 1.54) is 18.4 Å². The number of ether oxygens (including phenoxy) is 2. The molecule has 0 spiro atoms. The maximum absolute atomic E-state index is 12.4. The summed E-state index contributed by atoms with van der Waals surface area (Å²) in [6.07, 6.45) is 1.41. The van der Waals surface area contributed by atoms with Gasteiger partial charge >= 0.3 is 0 Å². The first kappa shape index (κ1) is 24.3. The number of benzene rings is 2. The van der Waals surface area contributed by atoms with Gasteiger partial charge in [-0.25, -0.2) is 13.1 Å². The Kier molecular flexibility index (Phi) is 7.28. The van der Waals surface area contributed by atoms with Crippen molar-refractivity contribution in [1.82, 2.24) is 14.9 Å². The number of methoxy groups -OCH3 is 1. The van der Waals surface area contributed by atoms with Gasteiger partial charge in [-0.2, -0.15) is 5.26 Å². The first-order valence-electron chi connectivity index (χ1n) is 11.0. The number of nitrogens with zero attached hydrogens (tertiary/aromatic N) is 3. The van der Waals surface area contributed by atoms with E-state index in [0.717, 1.165) is 33.7 Å². The highest BCUT2D eigenvalue weighted by molar-refractivity contribution is 7.89. The SMILES string of the molecule is COCCS(=O)(=O)N[C@H]1CCc2c(-c3nnc(-c4ccc(OC(C)C)c(C#N)c4)s3)cccc21. The molecule has 34 heavy (non-hydrogen) atoms. The Bertz CT molecular complexity index is 1330. The Morgan fingerprint density at radius 1 is 1.24 bits per heavy atom. The lowest BCUT2D eigenvalue weighted by molar-refractivity contribution is 0.216. The Hall–Kier alpha value is -2.84. The van der Waals surface area contributed by atoms with Gasteiger partial charge in [-0.15, -0.1) is 10.2 Å². The predicted octanol–water partition coefficient (Wildman–Crippen LogP) is 4.08. The van der Waals surface area contributed by atoms with Crippen molar-refractivity contribution < 1.29 is 17.9 Å². The van der Waals surface area contributed by atoms with Crippen LogP contribution in [0.2, 0.25) is 0 Å². The third kappa shape index (κ3) is 5.28. The minimum atomic E-state index is -3.43. The van der Waals surface area contributed by atoms with Crippen LogP contribution in [0.15, 0.2) is 36.4 Å². The van der Waals surface area contributed by atoms with Gasteiger partial charge in [0.2, 0.25) is 10.0 Å². The monoisotopic (exact) mass is 498 g/mol. The van der Waals surface area contributed by atoms with Crippen LogP contribution in [0.4, 0.5) is 0 Å². The maximum Gasteiger partial charge on any atom is 0.214 e. The molecular weight excluding hydrogens is 472 g/mol. The van der Waals surface area contributed by atoms with Crippen molar-refractivity contribution in [2.45, 2.75) is 38.8 Å². The highest BCUT2D eigenvalue weighted by Crippen LogP contribution is 2.40. The van der Waals surface area contributed by atoms with Crippen molar-refractivity contribution in [1.29, 1.82) is 5.26 Å². The van der Waals surface area contributed by atoms with E-state index < -0.39 is 10.0 Å². The molecule has 0 fully saturated rings. The molecule has 178 valence electrons. The van der Waals surface area contributed by atoms with Crippen LogP contribution < -0.4 is 9.46 Å². The van der Waals surface area contributed by atoms with Crippen molar-refractivity contribution in [2.75, 3.05) is 19.5 Å². The second-order valence-electron chi connectivity index (χ2n) is 8.30. The average molecular weight is 499 g/mol. The number of nitriles is 1. The van der Waals surface area contributed by atoms with Crippen LogP contribution in [0.1, 0.15) is 43.0 Å². The molecule has 4 rings (SSSR count). The summed E-state index contributed by atoms with van der Waals surface area (Å²) in [6.45, 7) is 3.99. The van der Waals surface area contributed by atoms with Crippen LogP contribution in [0.3, 0.4) is 0 Å². The van der Waals surface area contributed by atoms with Crippen molar-refractivity contribution in [3.8, 4) is 33.0 Å². The molecule has 0 radical (unpaired) electrons. The summed E-state index contributed by atoms with van der Waals surface area (Å²) in [5.74, 6) is 0.478. The van der Waals surface area contributed by atoms with Crippen molar-refractivity contribution in [2.24, 2.45) is 0 Å². The van der Waals surface area contributed by atoms with Gasteiger partial charge in [-0.05, 0) is 56.0 Å². The third-order valence-corrected chi connectivity index (χ3v) is 7.87. The minimum absolute atomic E-state index is 0.0282. The second kappa shape index (κ2) is 10.2. The number of hydrogen-bond donors (Lipinski definition) is 1. The molecule has 1 aliphatic carbocycles. The second-order valence-corrected chi connectivity index (χ2v) is 11.1. The Balaban J connectivity index is 1.60. The fourth-order valence-corrected chi connectivity index (χ4v) is 6.08. The number of nitrogens with one attached hydrogen (secondary N) is 1.